The highest BCUT2D eigenvalue weighted by Crippen LogP contribution is 2.25. The normalized spacial score (nSPS) is 16.1. The molecule has 1 aliphatic rings. The average molecular weight is 400 g/mol. The molecule has 7 nitrogen and oxygen atoms in total. The monoisotopic (exact) mass is 400 g/mol. The van der Waals surface area contributed by atoms with Crippen LogP contribution in [0.1, 0.15) is 46.1 Å². The first-order chi connectivity index (χ1) is 14.6. The van der Waals surface area contributed by atoms with Crippen molar-refractivity contribution in [1.29, 1.82) is 0 Å². The Morgan fingerprint density at radius 1 is 1.10 bits per heavy atom. The minimum absolute atomic E-state index is 0.0132. The molecule has 30 heavy (non-hydrogen) atoms. The molecular formula is C23H24N6O. The van der Waals surface area contributed by atoms with E-state index in [0.717, 1.165) is 35.6 Å². The van der Waals surface area contributed by atoms with Crippen molar-refractivity contribution in [2.75, 3.05) is 6.54 Å². The summed E-state index contributed by atoms with van der Waals surface area (Å²) in [4.78, 5) is 15.1. The third-order valence-electron chi connectivity index (χ3n) is 5.76. The second-order valence-corrected chi connectivity index (χ2v) is 8.02. The number of pyridine rings is 1. The molecule has 7 heteroatoms. The Balaban J connectivity index is 1.36. The molecule has 0 N–H and O–H groups in total. The number of hydrogen-bond acceptors (Lipinski definition) is 4. The number of nitrogens with zero attached hydrogens (tertiary/aromatic N) is 6. The Kier molecular flexibility index (Phi) is 4.58. The quantitative estimate of drug-likeness (QED) is 0.527. The molecule has 0 aliphatic carbocycles. The van der Waals surface area contributed by atoms with Crippen molar-refractivity contribution in [2.24, 2.45) is 0 Å². The van der Waals surface area contributed by atoms with Crippen LogP contribution in [0.5, 0.6) is 0 Å². The predicted molar refractivity (Wildman–Crippen MR) is 113 cm³/mol. The first-order valence-electron chi connectivity index (χ1n) is 10.3. The van der Waals surface area contributed by atoms with Crippen LogP contribution >= 0.6 is 0 Å². The lowest BCUT2D eigenvalue weighted by Gasteiger charge is -2.32. The van der Waals surface area contributed by atoms with Crippen molar-refractivity contribution >= 4 is 11.4 Å². The van der Waals surface area contributed by atoms with Crippen molar-refractivity contribution in [3.63, 3.8) is 0 Å². The van der Waals surface area contributed by atoms with Gasteiger partial charge in [-0.1, -0.05) is 36.4 Å². The van der Waals surface area contributed by atoms with Gasteiger partial charge in [-0.2, -0.15) is 5.10 Å². The van der Waals surface area contributed by atoms with Crippen LogP contribution in [-0.2, 0) is 19.4 Å². The van der Waals surface area contributed by atoms with Crippen LogP contribution in [0.2, 0.25) is 0 Å². The summed E-state index contributed by atoms with van der Waals surface area (Å²) < 4.78 is 3.96. The van der Waals surface area contributed by atoms with E-state index in [-0.39, 0.29) is 11.9 Å². The Morgan fingerprint density at radius 3 is 2.77 bits per heavy atom. The largest absolute Gasteiger partial charge is 0.329 e. The molecule has 1 atom stereocenters. The number of aryl methyl sites for hydroxylation is 3. The number of carbonyl (C=O) groups excluding carboxylic acids is 1. The van der Waals surface area contributed by atoms with Crippen molar-refractivity contribution in [1.82, 2.24) is 29.3 Å². The molecule has 4 heterocycles. The Hall–Kier alpha value is -3.48. The maximum absolute atomic E-state index is 13.2. The molecule has 1 aliphatic heterocycles. The number of benzene rings is 1. The fourth-order valence-electron chi connectivity index (χ4n) is 4.26. The van der Waals surface area contributed by atoms with E-state index in [4.69, 9.17) is 0 Å². The Labute approximate surface area is 175 Å². The highest BCUT2D eigenvalue weighted by atomic mass is 16.2. The van der Waals surface area contributed by atoms with Gasteiger partial charge in [-0.05, 0) is 37.5 Å². The fourth-order valence-corrected chi connectivity index (χ4v) is 4.26. The standard InChI is InChI=1S/C23H24N6O/c1-16-8-10-20-19(12-24-28(20)13-16)23(30)27-14-17(2)29-21(25-26-22(29)15-27)11-9-18-6-4-3-5-7-18/h3-8,10,12-13,17H,9,11,14-15H2,1-2H3/t17-/m0/s1. The summed E-state index contributed by atoms with van der Waals surface area (Å²) in [6.07, 6.45) is 5.35. The molecule has 4 aromatic rings. The van der Waals surface area contributed by atoms with Crippen molar-refractivity contribution in [3.05, 3.63) is 83.2 Å². The predicted octanol–water partition coefficient (Wildman–Crippen LogP) is 3.24. The van der Waals surface area contributed by atoms with Gasteiger partial charge < -0.3 is 9.47 Å². The zero-order chi connectivity index (χ0) is 20.7. The third kappa shape index (κ3) is 3.26. The van der Waals surface area contributed by atoms with E-state index in [1.54, 1.807) is 10.7 Å². The molecule has 152 valence electrons. The smallest absolute Gasteiger partial charge is 0.258 e. The molecule has 5 rings (SSSR count). The van der Waals surface area contributed by atoms with Gasteiger partial charge in [0, 0.05) is 19.2 Å². The molecule has 1 aromatic carbocycles. The topological polar surface area (TPSA) is 68.3 Å². The molecule has 0 fully saturated rings. The maximum Gasteiger partial charge on any atom is 0.258 e. The zero-order valence-electron chi connectivity index (χ0n) is 17.2. The molecule has 0 saturated carbocycles. The molecular weight excluding hydrogens is 376 g/mol. The van der Waals surface area contributed by atoms with Gasteiger partial charge in [-0.25, -0.2) is 4.52 Å². The first kappa shape index (κ1) is 18.5. The number of carbonyl (C=O) groups is 1. The zero-order valence-corrected chi connectivity index (χ0v) is 17.2. The van der Waals surface area contributed by atoms with Gasteiger partial charge in [0.05, 0.1) is 29.9 Å². The van der Waals surface area contributed by atoms with E-state index in [0.29, 0.717) is 18.7 Å². The van der Waals surface area contributed by atoms with Crippen molar-refractivity contribution < 1.29 is 4.79 Å². The number of fused-ring (bicyclic) bond motifs is 2. The van der Waals surface area contributed by atoms with Crippen LogP contribution < -0.4 is 0 Å². The summed E-state index contributed by atoms with van der Waals surface area (Å²) in [5.74, 6) is 1.82. The lowest BCUT2D eigenvalue weighted by molar-refractivity contribution is 0.0681. The van der Waals surface area contributed by atoms with Gasteiger partial charge in [0.1, 0.15) is 5.82 Å². The van der Waals surface area contributed by atoms with Crippen molar-refractivity contribution in [2.45, 2.75) is 39.3 Å². The summed E-state index contributed by atoms with van der Waals surface area (Å²) in [6.45, 7) is 5.23. The van der Waals surface area contributed by atoms with Crippen LogP contribution in [0.25, 0.3) is 5.52 Å². The summed E-state index contributed by atoms with van der Waals surface area (Å²) in [7, 11) is 0. The van der Waals surface area contributed by atoms with E-state index in [1.165, 1.54) is 5.56 Å². The van der Waals surface area contributed by atoms with Crippen LogP contribution in [0.4, 0.5) is 0 Å². The minimum Gasteiger partial charge on any atom is -0.329 e. The van der Waals surface area contributed by atoms with Crippen LogP contribution in [0, 0.1) is 6.92 Å². The second-order valence-electron chi connectivity index (χ2n) is 8.02. The highest BCUT2D eigenvalue weighted by Gasteiger charge is 2.30. The van der Waals surface area contributed by atoms with E-state index in [9.17, 15) is 4.79 Å². The van der Waals surface area contributed by atoms with Crippen LogP contribution in [0.15, 0.2) is 54.9 Å². The molecule has 0 spiro atoms. The number of amides is 1. The SMILES string of the molecule is Cc1ccc2c(C(=O)N3Cc4nnc(CCc5ccccc5)n4[C@@H](C)C3)cnn2c1. The molecule has 1 amide bonds. The van der Waals surface area contributed by atoms with E-state index in [2.05, 4.69) is 51.1 Å². The molecule has 3 aromatic heterocycles. The Morgan fingerprint density at radius 2 is 1.93 bits per heavy atom. The van der Waals surface area contributed by atoms with Gasteiger partial charge in [0.25, 0.3) is 5.91 Å². The van der Waals surface area contributed by atoms with Crippen LogP contribution in [0.3, 0.4) is 0 Å². The Bertz CT molecular complexity index is 1210. The van der Waals surface area contributed by atoms with Gasteiger partial charge in [0.2, 0.25) is 0 Å². The molecule has 0 bridgehead atoms. The third-order valence-corrected chi connectivity index (χ3v) is 5.76. The summed E-state index contributed by atoms with van der Waals surface area (Å²) >= 11 is 0. The van der Waals surface area contributed by atoms with E-state index < -0.39 is 0 Å². The van der Waals surface area contributed by atoms with E-state index in [1.807, 2.05) is 36.2 Å². The van der Waals surface area contributed by atoms with E-state index >= 15 is 0 Å². The lowest BCUT2D eigenvalue weighted by atomic mass is 10.1. The number of aromatic nitrogens is 5. The summed E-state index contributed by atoms with van der Waals surface area (Å²) in [6, 6.07) is 14.5. The maximum atomic E-state index is 13.2. The summed E-state index contributed by atoms with van der Waals surface area (Å²) in [5, 5.41) is 13.2. The molecule has 0 saturated heterocycles. The van der Waals surface area contributed by atoms with Gasteiger partial charge in [-0.3, -0.25) is 4.79 Å². The van der Waals surface area contributed by atoms with Crippen LogP contribution in [-0.4, -0.2) is 41.7 Å². The van der Waals surface area contributed by atoms with Gasteiger partial charge in [0.15, 0.2) is 5.82 Å². The number of rotatable bonds is 4. The van der Waals surface area contributed by atoms with Crippen molar-refractivity contribution in [3.8, 4) is 0 Å². The van der Waals surface area contributed by atoms with Gasteiger partial charge in [-0.15, -0.1) is 10.2 Å². The minimum atomic E-state index is -0.0132. The van der Waals surface area contributed by atoms with Gasteiger partial charge >= 0.3 is 0 Å². The lowest BCUT2D eigenvalue weighted by Crippen LogP contribution is -2.40. The highest BCUT2D eigenvalue weighted by molar-refractivity contribution is 6.00. The number of hydrogen-bond donors (Lipinski definition) is 0. The summed E-state index contributed by atoms with van der Waals surface area (Å²) in [5.41, 5.74) is 3.85. The molecule has 0 unspecified atom stereocenters. The fraction of sp³-hybridized carbons (Fsp3) is 0.304. The second kappa shape index (κ2) is 7.40. The average Bonchev–Trinajstić information content (AvgIpc) is 3.36. The first-order valence-corrected chi connectivity index (χ1v) is 10.3. The molecule has 0 radical (unpaired) electrons.